The van der Waals surface area contributed by atoms with Gasteiger partial charge in [0, 0.05) is 30.6 Å². The Morgan fingerprint density at radius 2 is 1.92 bits per heavy atom. The monoisotopic (exact) mass is 342 g/mol. The summed E-state index contributed by atoms with van der Waals surface area (Å²) in [7, 11) is 3.57. The Hall–Kier alpha value is -2.18. The molecule has 2 heterocycles. The summed E-state index contributed by atoms with van der Waals surface area (Å²) >= 11 is 1.74. The number of aromatic nitrogens is 3. The minimum Gasteiger partial charge on any atom is -0.481 e. The van der Waals surface area contributed by atoms with Crippen LogP contribution < -0.4 is 10.1 Å². The Morgan fingerprint density at radius 3 is 2.62 bits per heavy atom. The Morgan fingerprint density at radius 1 is 1.17 bits per heavy atom. The molecule has 3 rings (SSSR count). The van der Waals surface area contributed by atoms with Gasteiger partial charge in [0.05, 0.1) is 24.1 Å². The number of nitrogens with zero attached hydrogens (tertiary/aromatic N) is 3. The van der Waals surface area contributed by atoms with Crippen LogP contribution in [-0.4, -0.2) is 21.9 Å². The van der Waals surface area contributed by atoms with Crippen LogP contribution in [0.3, 0.4) is 0 Å². The van der Waals surface area contributed by atoms with Crippen molar-refractivity contribution < 1.29 is 4.74 Å². The van der Waals surface area contributed by atoms with Gasteiger partial charge in [-0.2, -0.15) is 5.10 Å². The van der Waals surface area contributed by atoms with Gasteiger partial charge in [0.2, 0.25) is 5.88 Å². The lowest BCUT2D eigenvalue weighted by atomic mass is 10.1. The molecule has 126 valence electrons. The van der Waals surface area contributed by atoms with Crippen molar-refractivity contribution in [2.45, 2.75) is 26.9 Å². The molecule has 0 unspecified atom stereocenters. The van der Waals surface area contributed by atoms with E-state index in [4.69, 9.17) is 9.72 Å². The fourth-order valence-corrected chi connectivity index (χ4v) is 3.75. The number of methoxy groups -OCH3 is 1. The zero-order valence-corrected chi connectivity index (χ0v) is 15.3. The maximum atomic E-state index is 5.43. The number of nitrogens with one attached hydrogen (secondary N) is 1. The van der Waals surface area contributed by atoms with Gasteiger partial charge in [0.1, 0.15) is 5.01 Å². The Kier molecular flexibility index (Phi) is 4.97. The molecule has 0 radical (unpaired) electrons. The number of ether oxygens (including phenoxy) is 1. The van der Waals surface area contributed by atoms with Crippen molar-refractivity contribution in [1.82, 2.24) is 20.1 Å². The summed E-state index contributed by atoms with van der Waals surface area (Å²) in [6, 6.07) is 10.3. The predicted octanol–water partition coefficient (Wildman–Crippen LogP) is 3.46. The standard InChI is InChI=1S/C18H22N4OS/c1-12-15(18(23-4)22(3)21-12)10-19-11-16-20-17(13(2)24-16)14-8-6-5-7-9-14/h5-9,19H,10-11H2,1-4H3. The van der Waals surface area contributed by atoms with Crippen molar-refractivity contribution in [3.8, 4) is 17.1 Å². The molecule has 0 aliphatic carbocycles. The molecule has 1 aromatic carbocycles. The zero-order valence-electron chi connectivity index (χ0n) is 14.5. The minimum atomic E-state index is 0.710. The molecule has 6 heteroatoms. The van der Waals surface area contributed by atoms with Crippen LogP contribution in [0.1, 0.15) is 21.1 Å². The molecule has 0 atom stereocenters. The largest absolute Gasteiger partial charge is 0.481 e. The first-order valence-corrected chi connectivity index (χ1v) is 8.70. The van der Waals surface area contributed by atoms with Gasteiger partial charge < -0.3 is 10.1 Å². The summed E-state index contributed by atoms with van der Waals surface area (Å²) in [5.41, 5.74) is 4.33. The van der Waals surface area contributed by atoms with Crippen molar-refractivity contribution in [1.29, 1.82) is 0 Å². The van der Waals surface area contributed by atoms with E-state index < -0.39 is 0 Å². The SMILES string of the molecule is COc1c(CNCc2nc(-c3ccccc3)c(C)s2)c(C)nn1C. The quantitative estimate of drug-likeness (QED) is 0.745. The van der Waals surface area contributed by atoms with Gasteiger partial charge in [-0.15, -0.1) is 11.3 Å². The third-order valence-electron chi connectivity index (χ3n) is 3.95. The van der Waals surface area contributed by atoms with Crippen LogP contribution >= 0.6 is 11.3 Å². The molecule has 1 N–H and O–H groups in total. The number of hydrogen-bond acceptors (Lipinski definition) is 5. The average molecular weight is 342 g/mol. The second-order valence-electron chi connectivity index (χ2n) is 5.68. The van der Waals surface area contributed by atoms with E-state index in [1.165, 1.54) is 10.4 Å². The number of benzene rings is 1. The van der Waals surface area contributed by atoms with Gasteiger partial charge in [-0.25, -0.2) is 9.67 Å². The molecule has 24 heavy (non-hydrogen) atoms. The highest BCUT2D eigenvalue weighted by Gasteiger charge is 2.14. The fraction of sp³-hybridized carbons (Fsp3) is 0.333. The Bertz CT molecular complexity index is 823. The first-order valence-electron chi connectivity index (χ1n) is 7.89. The maximum Gasteiger partial charge on any atom is 0.216 e. The predicted molar refractivity (Wildman–Crippen MR) is 97.3 cm³/mol. The highest BCUT2D eigenvalue weighted by Crippen LogP contribution is 2.27. The van der Waals surface area contributed by atoms with Crippen LogP contribution in [0.25, 0.3) is 11.3 Å². The summed E-state index contributed by atoms with van der Waals surface area (Å²) in [6.07, 6.45) is 0. The van der Waals surface area contributed by atoms with Crippen molar-refractivity contribution in [2.75, 3.05) is 7.11 Å². The van der Waals surface area contributed by atoms with Crippen LogP contribution in [0.2, 0.25) is 0 Å². The summed E-state index contributed by atoms with van der Waals surface area (Å²) in [5, 5.41) is 8.95. The van der Waals surface area contributed by atoms with Crippen molar-refractivity contribution in [2.24, 2.45) is 7.05 Å². The molecule has 0 saturated carbocycles. The first kappa shape index (κ1) is 16.7. The molecule has 0 spiro atoms. The molecule has 3 aromatic rings. The van der Waals surface area contributed by atoms with E-state index in [-0.39, 0.29) is 0 Å². The highest BCUT2D eigenvalue weighted by molar-refractivity contribution is 7.12. The van der Waals surface area contributed by atoms with Gasteiger partial charge >= 0.3 is 0 Å². The van der Waals surface area contributed by atoms with Crippen LogP contribution in [0.5, 0.6) is 5.88 Å². The molecule has 0 fully saturated rings. The van der Waals surface area contributed by atoms with E-state index in [2.05, 4.69) is 29.5 Å². The molecule has 2 aromatic heterocycles. The second kappa shape index (κ2) is 7.15. The van der Waals surface area contributed by atoms with Crippen LogP contribution in [0.4, 0.5) is 0 Å². The van der Waals surface area contributed by atoms with Crippen molar-refractivity contribution in [3.05, 3.63) is 51.5 Å². The normalized spacial score (nSPS) is 11.0. The number of hydrogen-bond donors (Lipinski definition) is 1. The van der Waals surface area contributed by atoms with Gasteiger partial charge in [-0.1, -0.05) is 30.3 Å². The molecule has 0 aliphatic rings. The molecule has 0 bridgehead atoms. The first-order chi connectivity index (χ1) is 11.6. The number of rotatable bonds is 6. The van der Waals surface area contributed by atoms with E-state index >= 15 is 0 Å². The zero-order chi connectivity index (χ0) is 17.1. The lowest BCUT2D eigenvalue weighted by molar-refractivity contribution is 0.368. The van der Waals surface area contributed by atoms with E-state index in [1.807, 2.05) is 32.2 Å². The van der Waals surface area contributed by atoms with E-state index in [0.29, 0.717) is 6.54 Å². The van der Waals surface area contributed by atoms with Crippen LogP contribution in [0.15, 0.2) is 30.3 Å². The lowest BCUT2D eigenvalue weighted by Crippen LogP contribution is -2.13. The van der Waals surface area contributed by atoms with Gasteiger partial charge in [-0.3, -0.25) is 0 Å². The van der Waals surface area contributed by atoms with Gasteiger partial charge in [0.25, 0.3) is 0 Å². The molecule has 5 nitrogen and oxygen atoms in total. The Balaban J connectivity index is 1.68. The summed E-state index contributed by atoms with van der Waals surface area (Å²) in [6.45, 7) is 5.57. The van der Waals surface area contributed by atoms with E-state index in [1.54, 1.807) is 23.1 Å². The van der Waals surface area contributed by atoms with Gasteiger partial charge in [0.15, 0.2) is 0 Å². The third-order valence-corrected chi connectivity index (χ3v) is 4.92. The Labute approximate surface area is 146 Å². The van der Waals surface area contributed by atoms with E-state index in [9.17, 15) is 0 Å². The molecule has 0 aliphatic heterocycles. The summed E-state index contributed by atoms with van der Waals surface area (Å²) in [5.74, 6) is 0.806. The van der Waals surface area contributed by atoms with Crippen molar-refractivity contribution in [3.63, 3.8) is 0 Å². The number of thiazole rings is 1. The van der Waals surface area contributed by atoms with Crippen LogP contribution in [-0.2, 0) is 20.1 Å². The summed E-state index contributed by atoms with van der Waals surface area (Å²) < 4.78 is 7.20. The lowest BCUT2D eigenvalue weighted by Gasteiger charge is -2.05. The average Bonchev–Trinajstić information content (AvgIpc) is 3.07. The second-order valence-corrected chi connectivity index (χ2v) is 6.97. The molecule has 0 saturated heterocycles. The van der Waals surface area contributed by atoms with Gasteiger partial charge in [-0.05, 0) is 13.8 Å². The molecule has 0 amide bonds. The minimum absolute atomic E-state index is 0.710. The van der Waals surface area contributed by atoms with E-state index in [0.717, 1.165) is 34.4 Å². The molecular formula is C18H22N4OS. The fourth-order valence-electron chi connectivity index (χ4n) is 2.82. The van der Waals surface area contributed by atoms with Crippen molar-refractivity contribution >= 4 is 11.3 Å². The topological polar surface area (TPSA) is 52.0 Å². The molecular weight excluding hydrogens is 320 g/mol. The smallest absolute Gasteiger partial charge is 0.216 e. The summed E-state index contributed by atoms with van der Waals surface area (Å²) in [4.78, 5) is 6.03. The maximum absolute atomic E-state index is 5.43. The highest BCUT2D eigenvalue weighted by atomic mass is 32.1. The third kappa shape index (κ3) is 3.34. The van der Waals surface area contributed by atoms with Crippen LogP contribution in [0, 0.1) is 13.8 Å². The number of aryl methyl sites for hydroxylation is 3.